The molecule has 18 heavy (non-hydrogen) atoms. The Kier molecular flexibility index (Phi) is 3.00. The first-order valence-electron chi connectivity index (χ1n) is 5.90. The molecule has 1 aliphatic heterocycles. The van der Waals surface area contributed by atoms with Gasteiger partial charge in [0.05, 0.1) is 6.54 Å². The molecule has 2 rings (SSSR count). The zero-order chi connectivity index (χ0) is 13.3. The lowest BCUT2D eigenvalue weighted by Gasteiger charge is -2.20. The number of benzene rings is 1. The quantitative estimate of drug-likeness (QED) is 0.763. The zero-order valence-corrected chi connectivity index (χ0v) is 10.8. The summed E-state index contributed by atoms with van der Waals surface area (Å²) in [5, 5.41) is 8.75. The highest BCUT2D eigenvalue weighted by Crippen LogP contribution is 2.26. The first kappa shape index (κ1) is 12.4. The Balaban J connectivity index is 2.21. The minimum atomic E-state index is -0.667. The molecule has 1 amide bonds. The van der Waals surface area contributed by atoms with E-state index < -0.39 is 12.2 Å². The average Bonchev–Trinajstić information content (AvgIpc) is 2.70. The van der Waals surface area contributed by atoms with Crippen molar-refractivity contribution in [2.24, 2.45) is 0 Å². The van der Waals surface area contributed by atoms with Crippen molar-refractivity contribution in [3.05, 3.63) is 29.8 Å². The molecule has 1 heterocycles. The molecule has 1 unspecified atom stereocenters. The minimum absolute atomic E-state index is 0.0826. The molecule has 1 saturated heterocycles. The molecule has 1 aromatic rings. The molecular formula is C14H16N2O2. The summed E-state index contributed by atoms with van der Waals surface area (Å²) in [4.78, 5) is 13.1. The van der Waals surface area contributed by atoms with E-state index in [2.05, 4.69) is 20.8 Å². The predicted molar refractivity (Wildman–Crippen MR) is 68.4 cm³/mol. The van der Waals surface area contributed by atoms with Gasteiger partial charge in [-0.3, -0.25) is 4.90 Å². The third kappa shape index (κ3) is 2.30. The molecule has 1 aromatic carbocycles. The summed E-state index contributed by atoms with van der Waals surface area (Å²) in [6, 6.07) is 9.73. The van der Waals surface area contributed by atoms with Gasteiger partial charge in [-0.05, 0) is 23.1 Å². The normalized spacial score (nSPS) is 19.6. The molecule has 0 radical (unpaired) electrons. The van der Waals surface area contributed by atoms with Crippen LogP contribution >= 0.6 is 0 Å². The molecule has 94 valence electrons. The number of anilines is 1. The number of nitriles is 1. The third-order valence-corrected chi connectivity index (χ3v) is 3.00. The molecule has 0 spiro atoms. The van der Waals surface area contributed by atoms with Crippen LogP contribution in [0.5, 0.6) is 0 Å². The van der Waals surface area contributed by atoms with Gasteiger partial charge in [0.15, 0.2) is 0 Å². The number of cyclic esters (lactones) is 1. The number of carbonyl (C=O) groups is 1. The Morgan fingerprint density at radius 1 is 1.33 bits per heavy atom. The lowest BCUT2D eigenvalue weighted by atomic mass is 9.87. The molecule has 0 bridgehead atoms. The van der Waals surface area contributed by atoms with Crippen LogP contribution < -0.4 is 4.90 Å². The van der Waals surface area contributed by atoms with Gasteiger partial charge in [0, 0.05) is 5.69 Å². The number of hydrogen-bond donors (Lipinski definition) is 0. The molecule has 0 aliphatic carbocycles. The van der Waals surface area contributed by atoms with E-state index in [1.807, 2.05) is 30.3 Å². The maximum absolute atomic E-state index is 11.6. The lowest BCUT2D eigenvalue weighted by molar-refractivity contribution is 0.162. The molecule has 0 saturated carbocycles. The second-order valence-corrected chi connectivity index (χ2v) is 5.41. The van der Waals surface area contributed by atoms with Gasteiger partial charge >= 0.3 is 6.09 Å². The van der Waals surface area contributed by atoms with Crippen LogP contribution in [-0.4, -0.2) is 18.7 Å². The number of amides is 1. The van der Waals surface area contributed by atoms with Gasteiger partial charge in [-0.25, -0.2) is 4.79 Å². The Hall–Kier alpha value is -2.02. The van der Waals surface area contributed by atoms with Crippen LogP contribution in [0.15, 0.2) is 24.3 Å². The second-order valence-electron chi connectivity index (χ2n) is 5.41. The summed E-state index contributed by atoms with van der Waals surface area (Å²) in [6.07, 6.45) is -1.12. The minimum Gasteiger partial charge on any atom is -0.428 e. The van der Waals surface area contributed by atoms with E-state index in [-0.39, 0.29) is 5.41 Å². The highest BCUT2D eigenvalue weighted by molar-refractivity contribution is 5.90. The molecule has 4 heteroatoms. The van der Waals surface area contributed by atoms with Crippen molar-refractivity contribution in [2.45, 2.75) is 32.3 Å². The summed E-state index contributed by atoms with van der Waals surface area (Å²) >= 11 is 0. The van der Waals surface area contributed by atoms with Crippen LogP contribution in [0.3, 0.4) is 0 Å². The summed E-state index contributed by atoms with van der Waals surface area (Å²) < 4.78 is 4.90. The van der Waals surface area contributed by atoms with Crippen molar-refractivity contribution >= 4 is 11.8 Å². The van der Waals surface area contributed by atoms with Crippen LogP contribution in [0, 0.1) is 11.3 Å². The Labute approximate surface area is 107 Å². The van der Waals surface area contributed by atoms with Crippen molar-refractivity contribution in [1.82, 2.24) is 0 Å². The van der Waals surface area contributed by atoms with Gasteiger partial charge in [0.25, 0.3) is 0 Å². The Morgan fingerprint density at radius 3 is 2.39 bits per heavy atom. The van der Waals surface area contributed by atoms with Crippen LogP contribution in [0.1, 0.15) is 26.3 Å². The van der Waals surface area contributed by atoms with E-state index in [0.717, 1.165) is 5.69 Å². The first-order valence-corrected chi connectivity index (χ1v) is 5.90. The van der Waals surface area contributed by atoms with E-state index in [4.69, 9.17) is 10.00 Å². The monoisotopic (exact) mass is 244 g/mol. The largest absolute Gasteiger partial charge is 0.428 e. The van der Waals surface area contributed by atoms with E-state index in [1.54, 1.807) is 0 Å². The highest BCUT2D eigenvalue weighted by atomic mass is 16.6. The summed E-state index contributed by atoms with van der Waals surface area (Å²) in [5.41, 5.74) is 2.06. The van der Waals surface area contributed by atoms with E-state index in [9.17, 15) is 4.79 Å². The van der Waals surface area contributed by atoms with Crippen molar-refractivity contribution in [2.75, 3.05) is 11.4 Å². The maximum Gasteiger partial charge on any atom is 0.415 e. The molecule has 0 aromatic heterocycles. The molecule has 1 aliphatic rings. The number of rotatable bonds is 1. The zero-order valence-electron chi connectivity index (χ0n) is 10.8. The van der Waals surface area contributed by atoms with E-state index in [1.165, 1.54) is 10.5 Å². The van der Waals surface area contributed by atoms with Crippen molar-refractivity contribution in [3.63, 3.8) is 0 Å². The summed E-state index contributed by atoms with van der Waals surface area (Å²) in [7, 11) is 0. The SMILES string of the molecule is CC(C)(C)c1ccc(N2CC(C#N)OC2=O)cc1. The predicted octanol–water partition coefficient (Wildman–Crippen LogP) is 2.83. The van der Waals surface area contributed by atoms with Gasteiger partial charge in [-0.1, -0.05) is 32.9 Å². The molecule has 4 nitrogen and oxygen atoms in total. The Morgan fingerprint density at radius 2 is 1.94 bits per heavy atom. The first-order chi connectivity index (χ1) is 8.41. The molecular weight excluding hydrogens is 228 g/mol. The fraction of sp³-hybridized carbons (Fsp3) is 0.429. The van der Waals surface area contributed by atoms with Crippen LogP contribution in [0.25, 0.3) is 0 Å². The van der Waals surface area contributed by atoms with E-state index >= 15 is 0 Å². The van der Waals surface area contributed by atoms with Gasteiger partial charge in [0.2, 0.25) is 6.10 Å². The number of carbonyl (C=O) groups excluding carboxylic acids is 1. The number of nitrogens with zero attached hydrogens (tertiary/aromatic N) is 2. The summed E-state index contributed by atoms with van der Waals surface area (Å²) in [6.45, 7) is 6.71. The fourth-order valence-corrected chi connectivity index (χ4v) is 1.88. The van der Waals surface area contributed by atoms with Gasteiger partial charge < -0.3 is 4.74 Å². The van der Waals surface area contributed by atoms with Crippen molar-refractivity contribution in [3.8, 4) is 6.07 Å². The van der Waals surface area contributed by atoms with E-state index in [0.29, 0.717) is 6.54 Å². The van der Waals surface area contributed by atoms with Gasteiger partial charge in [0.1, 0.15) is 6.07 Å². The smallest absolute Gasteiger partial charge is 0.415 e. The fourth-order valence-electron chi connectivity index (χ4n) is 1.88. The standard InChI is InChI=1S/C14H16N2O2/c1-14(2,3)10-4-6-11(7-5-10)16-9-12(8-15)18-13(16)17/h4-7,12H,9H2,1-3H3. The lowest BCUT2D eigenvalue weighted by Crippen LogP contribution is -2.24. The van der Waals surface area contributed by atoms with Crippen LogP contribution in [0.2, 0.25) is 0 Å². The average molecular weight is 244 g/mol. The number of ether oxygens (including phenoxy) is 1. The highest BCUT2D eigenvalue weighted by Gasteiger charge is 2.32. The third-order valence-electron chi connectivity index (χ3n) is 3.00. The molecule has 1 atom stereocenters. The molecule has 1 fully saturated rings. The van der Waals surface area contributed by atoms with Crippen LogP contribution in [0.4, 0.5) is 10.5 Å². The topological polar surface area (TPSA) is 53.3 Å². The second kappa shape index (κ2) is 4.34. The van der Waals surface area contributed by atoms with Gasteiger partial charge in [-0.2, -0.15) is 5.26 Å². The Bertz CT molecular complexity index is 494. The number of hydrogen-bond acceptors (Lipinski definition) is 3. The van der Waals surface area contributed by atoms with Crippen LogP contribution in [-0.2, 0) is 10.2 Å². The van der Waals surface area contributed by atoms with Crippen molar-refractivity contribution in [1.29, 1.82) is 5.26 Å². The summed E-state index contributed by atoms with van der Waals surface area (Å²) in [5.74, 6) is 0. The maximum atomic E-state index is 11.6. The molecule has 0 N–H and O–H groups in total. The van der Waals surface area contributed by atoms with Crippen molar-refractivity contribution < 1.29 is 9.53 Å². The van der Waals surface area contributed by atoms with Gasteiger partial charge in [-0.15, -0.1) is 0 Å².